The zero-order valence-electron chi connectivity index (χ0n) is 20.1. The standard InChI is InChI=1S/C22H32N6O3.C2H6/c1-26-10-12-27(13-11-26)9-4-20(29)25-17-2-3-18-19(14-17)24-16-28(21(18)30)15-22(31)5-7-23-8-6-22;1-2/h2-3,14,16,23,31H,4-13,15H2,1H3,(H,25,29);1-2H3. The molecule has 2 aromatic rings. The van der Waals surface area contributed by atoms with Gasteiger partial charge in [-0.3, -0.25) is 14.2 Å². The molecule has 182 valence electrons. The minimum Gasteiger partial charge on any atom is -0.388 e. The lowest BCUT2D eigenvalue weighted by molar-refractivity contribution is -0.116. The highest BCUT2D eigenvalue weighted by atomic mass is 16.3. The van der Waals surface area contributed by atoms with Crippen LogP contribution < -0.4 is 16.2 Å². The number of benzene rings is 1. The number of aromatic nitrogens is 2. The summed E-state index contributed by atoms with van der Waals surface area (Å²) in [5.74, 6) is -0.0419. The van der Waals surface area contributed by atoms with Crippen molar-refractivity contribution >= 4 is 22.5 Å². The van der Waals surface area contributed by atoms with E-state index in [1.807, 2.05) is 13.8 Å². The second kappa shape index (κ2) is 11.7. The number of aliphatic hydroxyl groups is 1. The molecule has 9 heteroatoms. The summed E-state index contributed by atoms with van der Waals surface area (Å²) < 4.78 is 1.49. The molecular weight excluding hydrogens is 420 g/mol. The summed E-state index contributed by atoms with van der Waals surface area (Å²) in [6.07, 6.45) is 3.14. The van der Waals surface area contributed by atoms with Crippen LogP contribution in [0.2, 0.25) is 0 Å². The van der Waals surface area contributed by atoms with Crippen LogP contribution in [-0.4, -0.2) is 88.8 Å². The number of hydrogen-bond acceptors (Lipinski definition) is 7. The van der Waals surface area contributed by atoms with Gasteiger partial charge in [-0.05, 0) is 51.2 Å². The summed E-state index contributed by atoms with van der Waals surface area (Å²) in [7, 11) is 2.11. The number of piperidine rings is 1. The zero-order valence-corrected chi connectivity index (χ0v) is 20.1. The number of hydrogen-bond donors (Lipinski definition) is 3. The number of nitrogens with zero attached hydrogens (tertiary/aromatic N) is 4. The lowest BCUT2D eigenvalue weighted by Gasteiger charge is -2.32. The maximum Gasteiger partial charge on any atom is 0.261 e. The van der Waals surface area contributed by atoms with E-state index in [9.17, 15) is 14.7 Å². The van der Waals surface area contributed by atoms with Gasteiger partial charge in [0.2, 0.25) is 5.91 Å². The number of carbonyl (C=O) groups is 1. The van der Waals surface area contributed by atoms with Gasteiger partial charge in [0.1, 0.15) is 0 Å². The third kappa shape index (κ3) is 6.83. The third-order valence-electron chi connectivity index (χ3n) is 6.36. The Hall–Kier alpha value is -2.33. The summed E-state index contributed by atoms with van der Waals surface area (Å²) in [4.78, 5) is 34.2. The van der Waals surface area contributed by atoms with E-state index in [1.165, 1.54) is 10.9 Å². The number of piperazine rings is 1. The van der Waals surface area contributed by atoms with Crippen molar-refractivity contribution in [1.29, 1.82) is 0 Å². The molecule has 0 spiro atoms. The summed E-state index contributed by atoms with van der Waals surface area (Å²) in [6, 6.07) is 5.17. The molecule has 2 fully saturated rings. The van der Waals surface area contributed by atoms with Crippen molar-refractivity contribution in [3.05, 3.63) is 34.9 Å². The van der Waals surface area contributed by atoms with Gasteiger partial charge >= 0.3 is 0 Å². The molecular formula is C24H38N6O3. The molecule has 33 heavy (non-hydrogen) atoms. The van der Waals surface area contributed by atoms with E-state index in [4.69, 9.17) is 0 Å². The molecule has 4 rings (SSSR count). The molecule has 0 radical (unpaired) electrons. The molecule has 2 saturated heterocycles. The molecule has 2 aliphatic heterocycles. The second-order valence-corrected chi connectivity index (χ2v) is 8.83. The minimum absolute atomic E-state index is 0.0419. The molecule has 9 nitrogen and oxygen atoms in total. The summed E-state index contributed by atoms with van der Waals surface area (Å²) in [5, 5.41) is 17.4. The Bertz CT molecular complexity index is 978. The van der Waals surface area contributed by atoms with Gasteiger partial charge in [-0.15, -0.1) is 0 Å². The summed E-state index contributed by atoms with van der Waals surface area (Å²) in [5.41, 5.74) is 0.111. The average Bonchev–Trinajstić information content (AvgIpc) is 2.82. The maximum atomic E-state index is 12.9. The van der Waals surface area contributed by atoms with E-state index in [0.29, 0.717) is 35.9 Å². The van der Waals surface area contributed by atoms with Gasteiger partial charge in [0.05, 0.1) is 29.4 Å². The quantitative estimate of drug-likeness (QED) is 0.596. The Morgan fingerprint density at radius 2 is 1.88 bits per heavy atom. The Balaban J connectivity index is 0.00000149. The van der Waals surface area contributed by atoms with Gasteiger partial charge in [0.15, 0.2) is 0 Å². The van der Waals surface area contributed by atoms with Gasteiger partial charge in [-0.1, -0.05) is 13.8 Å². The fraction of sp³-hybridized carbons (Fsp3) is 0.625. The van der Waals surface area contributed by atoms with E-state index in [2.05, 4.69) is 32.5 Å². The first kappa shape index (κ1) is 25.3. The van der Waals surface area contributed by atoms with Crippen molar-refractivity contribution in [2.24, 2.45) is 0 Å². The monoisotopic (exact) mass is 458 g/mol. The molecule has 0 aliphatic carbocycles. The number of rotatable bonds is 6. The van der Waals surface area contributed by atoms with E-state index in [-0.39, 0.29) is 18.0 Å². The maximum absolute atomic E-state index is 12.9. The predicted octanol–water partition coefficient (Wildman–Crippen LogP) is 1.11. The molecule has 1 aromatic heterocycles. The number of carbonyl (C=O) groups excluding carboxylic acids is 1. The highest BCUT2D eigenvalue weighted by Crippen LogP contribution is 2.20. The van der Waals surface area contributed by atoms with E-state index < -0.39 is 5.60 Å². The van der Waals surface area contributed by atoms with Gasteiger partial charge in [-0.25, -0.2) is 4.98 Å². The van der Waals surface area contributed by atoms with Crippen LogP contribution >= 0.6 is 0 Å². The molecule has 1 aromatic carbocycles. The Morgan fingerprint density at radius 1 is 1.18 bits per heavy atom. The topological polar surface area (TPSA) is 103 Å². The molecule has 0 unspecified atom stereocenters. The number of nitrogens with one attached hydrogen (secondary N) is 2. The van der Waals surface area contributed by atoms with Crippen molar-refractivity contribution in [1.82, 2.24) is 24.7 Å². The first-order chi connectivity index (χ1) is 15.9. The van der Waals surface area contributed by atoms with Crippen molar-refractivity contribution in [3.63, 3.8) is 0 Å². The van der Waals surface area contributed by atoms with Crippen LogP contribution in [0.25, 0.3) is 10.9 Å². The minimum atomic E-state index is -0.887. The second-order valence-electron chi connectivity index (χ2n) is 8.83. The Morgan fingerprint density at radius 3 is 2.58 bits per heavy atom. The molecule has 3 N–H and O–H groups in total. The molecule has 3 heterocycles. The lowest BCUT2D eigenvalue weighted by atomic mass is 9.92. The van der Waals surface area contributed by atoms with Gasteiger partial charge < -0.3 is 25.5 Å². The Labute approximate surface area is 195 Å². The highest BCUT2D eigenvalue weighted by molar-refractivity contribution is 5.93. The molecule has 0 bridgehead atoms. The largest absolute Gasteiger partial charge is 0.388 e. The van der Waals surface area contributed by atoms with Crippen LogP contribution in [0.1, 0.15) is 33.1 Å². The van der Waals surface area contributed by atoms with Crippen molar-refractivity contribution in [3.8, 4) is 0 Å². The lowest BCUT2D eigenvalue weighted by Crippen LogP contribution is -2.46. The predicted molar refractivity (Wildman–Crippen MR) is 132 cm³/mol. The first-order valence-corrected chi connectivity index (χ1v) is 12.0. The molecule has 0 saturated carbocycles. The number of anilines is 1. The van der Waals surface area contributed by atoms with Crippen molar-refractivity contribution in [2.75, 3.05) is 58.2 Å². The van der Waals surface area contributed by atoms with Crippen LogP contribution in [0, 0.1) is 0 Å². The fourth-order valence-corrected chi connectivity index (χ4v) is 4.27. The van der Waals surface area contributed by atoms with Crippen molar-refractivity contribution < 1.29 is 9.90 Å². The summed E-state index contributed by atoms with van der Waals surface area (Å²) in [6.45, 7) is 10.5. The van der Waals surface area contributed by atoms with E-state index in [1.54, 1.807) is 18.2 Å². The van der Waals surface area contributed by atoms with E-state index >= 15 is 0 Å². The van der Waals surface area contributed by atoms with Gasteiger partial charge in [-0.2, -0.15) is 0 Å². The van der Waals surface area contributed by atoms with Gasteiger partial charge in [0.25, 0.3) is 5.56 Å². The number of likely N-dealkylation sites (N-methyl/N-ethyl adjacent to an activating group) is 1. The van der Waals surface area contributed by atoms with Crippen LogP contribution in [0.5, 0.6) is 0 Å². The smallest absolute Gasteiger partial charge is 0.261 e. The zero-order chi connectivity index (χ0) is 23.8. The molecule has 0 atom stereocenters. The van der Waals surface area contributed by atoms with Crippen molar-refractivity contribution in [2.45, 2.75) is 45.3 Å². The number of amides is 1. The number of fused-ring (bicyclic) bond motifs is 1. The van der Waals surface area contributed by atoms with E-state index in [0.717, 1.165) is 45.8 Å². The van der Waals surface area contributed by atoms with Crippen LogP contribution in [-0.2, 0) is 11.3 Å². The Kier molecular flexibility index (Phi) is 8.96. The molecule has 2 aliphatic rings. The normalized spacial score (nSPS) is 19.0. The fourth-order valence-electron chi connectivity index (χ4n) is 4.27. The van der Waals surface area contributed by atoms with Crippen LogP contribution in [0.3, 0.4) is 0 Å². The molecule has 1 amide bonds. The van der Waals surface area contributed by atoms with Crippen LogP contribution in [0.4, 0.5) is 5.69 Å². The average molecular weight is 459 g/mol. The highest BCUT2D eigenvalue weighted by Gasteiger charge is 2.30. The summed E-state index contributed by atoms with van der Waals surface area (Å²) >= 11 is 0. The van der Waals surface area contributed by atoms with Crippen LogP contribution in [0.15, 0.2) is 29.3 Å². The SMILES string of the molecule is CC.CN1CCN(CCC(=O)Nc2ccc3c(=O)n(CC4(O)CCNCC4)cnc3c2)CC1. The van der Waals surface area contributed by atoms with Gasteiger partial charge in [0, 0.05) is 44.8 Å². The first-order valence-electron chi connectivity index (χ1n) is 12.0. The third-order valence-corrected chi connectivity index (χ3v) is 6.36.